The molecule has 3 N–H and O–H groups in total. The van der Waals surface area contributed by atoms with Crippen LogP contribution < -0.4 is 15.4 Å². The standard InChI is InChI=1S/C26H28FN5O4/c1-15-24(36-14-31-15)13-35-19-6-5-16-8-22(28-10-17(16)7-19)23(33)12-30-26(34)20-9-25(29-11-21(20)27)32-18-3-2-4-18/h5-7,9-11,14,18,22-23,33H,2-4,8,12-13H2,1H3,(H,29,32)(H,30,34)/t22?,23-/m1/s1. The van der Waals surface area contributed by atoms with Crippen LogP contribution in [0, 0.1) is 12.7 Å². The Kier molecular flexibility index (Phi) is 6.95. The lowest BCUT2D eigenvalue weighted by Gasteiger charge is -2.27. The van der Waals surface area contributed by atoms with Crippen molar-refractivity contribution in [3.8, 4) is 5.75 Å². The number of pyridine rings is 1. The summed E-state index contributed by atoms with van der Waals surface area (Å²) in [6, 6.07) is 6.97. The Hall–Kier alpha value is -3.79. The van der Waals surface area contributed by atoms with Crippen molar-refractivity contribution in [3.63, 3.8) is 0 Å². The third-order valence-electron chi connectivity index (χ3n) is 6.64. The normalized spacial score (nSPS) is 17.7. The van der Waals surface area contributed by atoms with Crippen LogP contribution in [0.2, 0.25) is 0 Å². The van der Waals surface area contributed by atoms with Crippen molar-refractivity contribution in [2.75, 3.05) is 11.9 Å². The molecule has 1 aromatic carbocycles. The third kappa shape index (κ3) is 5.38. The van der Waals surface area contributed by atoms with Gasteiger partial charge in [-0.15, -0.1) is 0 Å². The van der Waals surface area contributed by atoms with E-state index in [9.17, 15) is 14.3 Å². The molecular formula is C26H28FN5O4. The topological polar surface area (TPSA) is 122 Å². The van der Waals surface area contributed by atoms with E-state index in [4.69, 9.17) is 9.15 Å². The Morgan fingerprint density at radius 2 is 2.17 bits per heavy atom. The van der Waals surface area contributed by atoms with E-state index in [1.54, 1.807) is 6.21 Å². The van der Waals surface area contributed by atoms with Gasteiger partial charge in [0, 0.05) is 18.8 Å². The lowest BCUT2D eigenvalue weighted by atomic mass is 9.93. The van der Waals surface area contributed by atoms with Gasteiger partial charge in [0.05, 0.1) is 29.6 Å². The van der Waals surface area contributed by atoms with Crippen molar-refractivity contribution in [2.24, 2.45) is 4.99 Å². The van der Waals surface area contributed by atoms with Crippen LogP contribution in [0.4, 0.5) is 10.2 Å². The fourth-order valence-electron chi connectivity index (χ4n) is 4.15. The largest absolute Gasteiger partial charge is 0.486 e. The minimum absolute atomic E-state index is 0.0545. The van der Waals surface area contributed by atoms with Crippen LogP contribution >= 0.6 is 0 Å². The number of aryl methyl sites for hydroxylation is 1. The summed E-state index contributed by atoms with van der Waals surface area (Å²) < 4.78 is 25.3. The number of aliphatic hydroxyl groups is 1. The van der Waals surface area contributed by atoms with Gasteiger partial charge in [0.2, 0.25) is 0 Å². The van der Waals surface area contributed by atoms with Gasteiger partial charge < -0.3 is 24.9 Å². The van der Waals surface area contributed by atoms with E-state index >= 15 is 0 Å². The van der Waals surface area contributed by atoms with Gasteiger partial charge in [-0.2, -0.15) is 0 Å². The molecule has 0 spiro atoms. The molecule has 0 bridgehead atoms. The minimum Gasteiger partial charge on any atom is -0.486 e. The van der Waals surface area contributed by atoms with Crippen LogP contribution in [-0.4, -0.2) is 51.9 Å². The van der Waals surface area contributed by atoms with Gasteiger partial charge in [-0.25, -0.2) is 14.4 Å². The summed E-state index contributed by atoms with van der Waals surface area (Å²) in [5, 5.41) is 16.5. The van der Waals surface area contributed by atoms with E-state index in [2.05, 4.69) is 25.6 Å². The number of carbonyl (C=O) groups excluding carboxylic acids is 1. The van der Waals surface area contributed by atoms with E-state index in [-0.39, 0.29) is 18.7 Å². The first-order valence-corrected chi connectivity index (χ1v) is 12.0. The maximum Gasteiger partial charge on any atom is 0.254 e. The first-order chi connectivity index (χ1) is 17.5. The van der Waals surface area contributed by atoms with E-state index < -0.39 is 23.9 Å². The Labute approximate surface area is 207 Å². The molecule has 2 atom stereocenters. The predicted octanol–water partition coefficient (Wildman–Crippen LogP) is 3.20. The third-order valence-corrected chi connectivity index (χ3v) is 6.64. The van der Waals surface area contributed by atoms with E-state index in [1.165, 1.54) is 12.5 Å². The second-order valence-electron chi connectivity index (χ2n) is 9.16. The summed E-state index contributed by atoms with van der Waals surface area (Å²) in [5.74, 6) is 0.508. The highest BCUT2D eigenvalue weighted by atomic mass is 19.1. The van der Waals surface area contributed by atoms with Gasteiger partial charge in [-0.05, 0) is 61.9 Å². The Morgan fingerprint density at radius 1 is 1.31 bits per heavy atom. The number of nitrogens with zero attached hydrogens (tertiary/aromatic N) is 3. The molecule has 9 nitrogen and oxygen atoms in total. The number of benzene rings is 1. The number of aliphatic imine (C=N–C) groups is 1. The number of halogens is 1. The number of fused-ring (bicyclic) bond motifs is 1. The lowest BCUT2D eigenvalue weighted by molar-refractivity contribution is 0.0893. The molecule has 2 aromatic heterocycles. The number of amides is 1. The molecule has 1 unspecified atom stereocenters. The van der Waals surface area contributed by atoms with Crippen molar-refractivity contribution < 1.29 is 23.4 Å². The highest BCUT2D eigenvalue weighted by molar-refractivity contribution is 5.95. The van der Waals surface area contributed by atoms with Crippen LogP contribution in [0.3, 0.4) is 0 Å². The second kappa shape index (κ2) is 10.4. The monoisotopic (exact) mass is 493 g/mol. The zero-order valence-corrected chi connectivity index (χ0v) is 19.9. The molecule has 1 aliphatic heterocycles. The Balaban J connectivity index is 1.15. The predicted molar refractivity (Wildman–Crippen MR) is 131 cm³/mol. The number of hydrogen-bond acceptors (Lipinski definition) is 8. The maximum atomic E-state index is 14.2. The van der Waals surface area contributed by atoms with Crippen LogP contribution in [0.25, 0.3) is 0 Å². The molecule has 10 heteroatoms. The maximum absolute atomic E-state index is 14.2. The average molecular weight is 494 g/mol. The number of carbonyl (C=O) groups is 1. The van der Waals surface area contributed by atoms with Gasteiger partial charge in [-0.1, -0.05) is 6.07 Å². The fraction of sp³-hybridized carbons (Fsp3) is 0.385. The van der Waals surface area contributed by atoms with Gasteiger partial charge in [0.25, 0.3) is 5.91 Å². The van der Waals surface area contributed by atoms with E-state index in [0.29, 0.717) is 29.8 Å². The molecule has 1 amide bonds. The smallest absolute Gasteiger partial charge is 0.254 e. The van der Waals surface area contributed by atoms with Crippen LogP contribution in [0.1, 0.15) is 52.2 Å². The number of anilines is 1. The molecule has 0 radical (unpaired) electrons. The number of hydrogen-bond donors (Lipinski definition) is 3. The molecule has 36 heavy (non-hydrogen) atoms. The number of nitrogens with one attached hydrogen (secondary N) is 2. The summed E-state index contributed by atoms with van der Waals surface area (Å²) in [6.07, 6.45) is 6.92. The summed E-state index contributed by atoms with van der Waals surface area (Å²) in [5.41, 5.74) is 2.59. The van der Waals surface area contributed by atoms with Gasteiger partial charge in [0.15, 0.2) is 18.0 Å². The summed E-state index contributed by atoms with van der Waals surface area (Å²) >= 11 is 0. The Bertz CT molecular complexity index is 1270. The molecule has 188 valence electrons. The van der Waals surface area contributed by atoms with Crippen molar-refractivity contribution in [1.29, 1.82) is 0 Å². The minimum atomic E-state index is -0.929. The molecule has 1 fully saturated rings. The number of aliphatic hydroxyl groups excluding tert-OH is 1. The van der Waals surface area contributed by atoms with Gasteiger partial charge in [0.1, 0.15) is 18.2 Å². The van der Waals surface area contributed by atoms with E-state index in [1.807, 2.05) is 25.1 Å². The molecule has 3 aromatic rings. The van der Waals surface area contributed by atoms with Crippen molar-refractivity contribution >= 4 is 17.9 Å². The average Bonchev–Trinajstić information content (AvgIpc) is 3.28. The molecule has 5 rings (SSSR count). The first-order valence-electron chi connectivity index (χ1n) is 12.0. The molecular weight excluding hydrogens is 465 g/mol. The molecule has 2 aliphatic rings. The zero-order valence-electron chi connectivity index (χ0n) is 19.9. The molecule has 1 saturated carbocycles. The summed E-state index contributed by atoms with van der Waals surface area (Å²) in [6.45, 7) is 2.08. The SMILES string of the molecule is Cc1ncoc1COc1ccc2c(c1)C=NC([C@H](O)CNC(=O)c1cc(NC3CCC3)ncc1F)C2. The van der Waals surface area contributed by atoms with Gasteiger partial charge >= 0.3 is 0 Å². The second-order valence-corrected chi connectivity index (χ2v) is 9.16. The number of rotatable bonds is 9. The molecule has 1 aliphatic carbocycles. The highest BCUT2D eigenvalue weighted by Gasteiger charge is 2.25. The van der Waals surface area contributed by atoms with Crippen molar-refractivity contribution in [3.05, 3.63) is 70.8 Å². The van der Waals surface area contributed by atoms with Crippen LogP contribution in [0.15, 0.2) is 46.3 Å². The van der Waals surface area contributed by atoms with Crippen molar-refractivity contribution in [1.82, 2.24) is 15.3 Å². The molecule has 0 saturated heterocycles. The lowest BCUT2D eigenvalue weighted by Crippen LogP contribution is -2.40. The summed E-state index contributed by atoms with van der Waals surface area (Å²) in [7, 11) is 0. The van der Waals surface area contributed by atoms with Crippen molar-refractivity contribution in [2.45, 2.75) is 57.4 Å². The number of oxazole rings is 1. The van der Waals surface area contributed by atoms with Crippen LogP contribution in [-0.2, 0) is 13.0 Å². The number of ether oxygens (including phenoxy) is 1. The van der Waals surface area contributed by atoms with Crippen LogP contribution in [0.5, 0.6) is 5.75 Å². The molecule has 3 heterocycles. The van der Waals surface area contributed by atoms with Gasteiger partial charge in [-0.3, -0.25) is 9.79 Å². The highest BCUT2D eigenvalue weighted by Crippen LogP contribution is 2.25. The number of aromatic nitrogens is 2. The fourth-order valence-corrected chi connectivity index (χ4v) is 4.15. The zero-order chi connectivity index (χ0) is 25.1. The Morgan fingerprint density at radius 3 is 2.92 bits per heavy atom. The quantitative estimate of drug-likeness (QED) is 0.418. The summed E-state index contributed by atoms with van der Waals surface area (Å²) in [4.78, 5) is 25.1. The van der Waals surface area contributed by atoms with E-state index in [0.717, 1.165) is 42.3 Å². The first kappa shape index (κ1) is 23.9.